The number of hydrogen-bond donors (Lipinski definition) is 2. The summed E-state index contributed by atoms with van der Waals surface area (Å²) in [6.07, 6.45) is 1.69. The second kappa shape index (κ2) is 11.7. The van der Waals surface area contributed by atoms with Gasteiger partial charge < -0.3 is 10.6 Å². The van der Waals surface area contributed by atoms with E-state index in [1.165, 1.54) is 16.4 Å². The first-order chi connectivity index (χ1) is 17.7. The summed E-state index contributed by atoms with van der Waals surface area (Å²) in [5, 5.41) is 5.68. The summed E-state index contributed by atoms with van der Waals surface area (Å²) in [6, 6.07) is 22.7. The Morgan fingerprint density at radius 3 is 2.27 bits per heavy atom. The predicted octanol–water partition coefficient (Wildman–Crippen LogP) is 4.58. The van der Waals surface area contributed by atoms with E-state index in [-0.39, 0.29) is 28.2 Å². The minimum Gasteiger partial charge on any atom is -0.352 e. The number of piperidine rings is 1. The number of nitrogens with zero attached hydrogens (tertiary/aromatic N) is 1. The van der Waals surface area contributed by atoms with Crippen LogP contribution in [0.4, 0.5) is 5.69 Å². The molecule has 1 fully saturated rings. The van der Waals surface area contributed by atoms with Crippen LogP contribution in [0.25, 0.3) is 0 Å². The Kier molecular flexibility index (Phi) is 8.41. The fourth-order valence-electron chi connectivity index (χ4n) is 4.79. The highest BCUT2D eigenvalue weighted by molar-refractivity contribution is 7.89. The summed E-state index contributed by atoms with van der Waals surface area (Å²) >= 11 is 0. The summed E-state index contributed by atoms with van der Waals surface area (Å²) in [4.78, 5) is 26.0. The highest BCUT2D eigenvalue weighted by Crippen LogP contribution is 2.27. The first kappa shape index (κ1) is 26.6. The van der Waals surface area contributed by atoms with Crippen molar-refractivity contribution in [1.82, 2.24) is 9.62 Å². The SMILES string of the molecule is CC1CC(C)CN(S(=O)(=O)c2cccc(C(=O)Nc3ccccc3C(=O)NCCc3ccccc3)c2)C1. The lowest BCUT2D eigenvalue weighted by Gasteiger charge is -2.34. The lowest BCUT2D eigenvalue weighted by molar-refractivity contribution is 0.0955. The van der Waals surface area contributed by atoms with Crippen LogP contribution >= 0.6 is 0 Å². The van der Waals surface area contributed by atoms with E-state index in [0.717, 1.165) is 12.0 Å². The number of benzene rings is 3. The molecule has 4 rings (SSSR count). The minimum atomic E-state index is -3.72. The number of hydrogen-bond acceptors (Lipinski definition) is 4. The molecule has 1 aliphatic heterocycles. The van der Waals surface area contributed by atoms with Crippen LogP contribution in [-0.2, 0) is 16.4 Å². The molecule has 194 valence electrons. The third-order valence-corrected chi connectivity index (χ3v) is 8.36. The van der Waals surface area contributed by atoms with Crippen molar-refractivity contribution in [1.29, 1.82) is 0 Å². The van der Waals surface area contributed by atoms with Crippen molar-refractivity contribution in [2.75, 3.05) is 25.0 Å². The summed E-state index contributed by atoms with van der Waals surface area (Å²) in [7, 11) is -3.72. The second-order valence-corrected chi connectivity index (χ2v) is 11.7. The van der Waals surface area contributed by atoms with E-state index < -0.39 is 15.9 Å². The Bertz CT molecular complexity index is 1350. The molecule has 1 aliphatic rings. The number of anilines is 1. The number of para-hydroxylation sites is 1. The van der Waals surface area contributed by atoms with Gasteiger partial charge in [0, 0.05) is 25.2 Å². The van der Waals surface area contributed by atoms with Gasteiger partial charge in [-0.05, 0) is 60.6 Å². The Morgan fingerprint density at radius 1 is 0.865 bits per heavy atom. The quantitative estimate of drug-likeness (QED) is 0.456. The van der Waals surface area contributed by atoms with Crippen molar-refractivity contribution in [2.24, 2.45) is 11.8 Å². The van der Waals surface area contributed by atoms with Gasteiger partial charge in [-0.25, -0.2) is 8.42 Å². The number of carbonyl (C=O) groups is 2. The molecular weight excluding hydrogens is 486 g/mol. The van der Waals surface area contributed by atoms with Gasteiger partial charge in [0.15, 0.2) is 0 Å². The van der Waals surface area contributed by atoms with E-state index >= 15 is 0 Å². The van der Waals surface area contributed by atoms with Gasteiger partial charge >= 0.3 is 0 Å². The third kappa shape index (κ3) is 6.64. The molecule has 2 N–H and O–H groups in total. The number of carbonyl (C=O) groups excluding carboxylic acids is 2. The second-order valence-electron chi connectivity index (χ2n) is 9.79. The van der Waals surface area contributed by atoms with Crippen molar-refractivity contribution in [3.8, 4) is 0 Å². The molecule has 7 nitrogen and oxygen atoms in total. The standard InChI is InChI=1S/C29H33N3O4S/c1-21-17-22(2)20-32(19-21)37(35,36)25-12-8-11-24(18-25)28(33)31-27-14-7-6-13-26(27)29(34)30-16-15-23-9-4-3-5-10-23/h3-14,18,21-22H,15-17,19-20H2,1-2H3,(H,30,34)(H,31,33). The van der Waals surface area contributed by atoms with Crippen molar-refractivity contribution in [2.45, 2.75) is 31.6 Å². The summed E-state index contributed by atoms with van der Waals surface area (Å²) in [6.45, 7) is 5.50. The Hall–Kier alpha value is -3.49. The summed E-state index contributed by atoms with van der Waals surface area (Å²) in [5.74, 6) is -0.223. The molecule has 3 aromatic carbocycles. The number of amides is 2. The zero-order chi connectivity index (χ0) is 26.4. The van der Waals surface area contributed by atoms with E-state index in [9.17, 15) is 18.0 Å². The van der Waals surface area contributed by atoms with Crippen molar-refractivity contribution < 1.29 is 18.0 Å². The Morgan fingerprint density at radius 2 is 1.54 bits per heavy atom. The van der Waals surface area contributed by atoms with Crippen LogP contribution in [0.15, 0.2) is 83.8 Å². The molecule has 37 heavy (non-hydrogen) atoms. The maximum atomic E-state index is 13.3. The van der Waals surface area contributed by atoms with Crippen LogP contribution in [0.1, 0.15) is 46.5 Å². The fraction of sp³-hybridized carbons (Fsp3) is 0.310. The largest absolute Gasteiger partial charge is 0.352 e. The van der Waals surface area contributed by atoms with E-state index in [1.807, 2.05) is 30.3 Å². The third-order valence-electron chi connectivity index (χ3n) is 6.53. The molecule has 2 atom stereocenters. The van der Waals surface area contributed by atoms with Crippen LogP contribution < -0.4 is 10.6 Å². The molecular formula is C29H33N3O4S. The smallest absolute Gasteiger partial charge is 0.255 e. The van der Waals surface area contributed by atoms with E-state index in [4.69, 9.17) is 0 Å². The van der Waals surface area contributed by atoms with E-state index in [1.54, 1.807) is 36.4 Å². The molecule has 0 aliphatic carbocycles. The van der Waals surface area contributed by atoms with Gasteiger partial charge in [0.2, 0.25) is 10.0 Å². The molecule has 8 heteroatoms. The average molecular weight is 520 g/mol. The lowest BCUT2D eigenvalue weighted by atomic mass is 9.94. The number of sulfonamides is 1. The minimum absolute atomic E-state index is 0.0911. The van der Waals surface area contributed by atoms with Crippen LogP contribution in [0, 0.1) is 11.8 Å². The predicted molar refractivity (Wildman–Crippen MR) is 145 cm³/mol. The highest BCUT2D eigenvalue weighted by atomic mass is 32.2. The molecule has 2 unspecified atom stereocenters. The maximum Gasteiger partial charge on any atom is 0.255 e. The number of nitrogens with one attached hydrogen (secondary N) is 2. The monoisotopic (exact) mass is 519 g/mol. The highest BCUT2D eigenvalue weighted by Gasteiger charge is 2.32. The van der Waals surface area contributed by atoms with E-state index in [2.05, 4.69) is 24.5 Å². The molecule has 0 aromatic heterocycles. The van der Waals surface area contributed by atoms with Crippen molar-refractivity contribution in [3.05, 3.63) is 95.6 Å². The topological polar surface area (TPSA) is 95.6 Å². The van der Waals surface area contributed by atoms with Crippen LogP contribution in [0.2, 0.25) is 0 Å². The van der Waals surface area contributed by atoms with Crippen molar-refractivity contribution in [3.63, 3.8) is 0 Å². The molecule has 3 aromatic rings. The first-order valence-electron chi connectivity index (χ1n) is 12.6. The van der Waals surface area contributed by atoms with Crippen LogP contribution in [0.3, 0.4) is 0 Å². The zero-order valence-corrected chi connectivity index (χ0v) is 22.0. The molecule has 2 amide bonds. The molecule has 1 heterocycles. The molecule has 0 saturated carbocycles. The van der Waals surface area contributed by atoms with E-state index in [0.29, 0.717) is 37.3 Å². The first-order valence-corrected chi connectivity index (χ1v) is 14.0. The van der Waals surface area contributed by atoms with Crippen molar-refractivity contribution >= 4 is 27.5 Å². The van der Waals surface area contributed by atoms with Gasteiger partial charge in [0.25, 0.3) is 11.8 Å². The van der Waals surface area contributed by atoms with Crippen LogP contribution in [0.5, 0.6) is 0 Å². The van der Waals surface area contributed by atoms with Gasteiger partial charge in [-0.15, -0.1) is 0 Å². The lowest BCUT2D eigenvalue weighted by Crippen LogP contribution is -2.42. The summed E-state index contributed by atoms with van der Waals surface area (Å²) in [5.41, 5.74) is 2.02. The van der Waals surface area contributed by atoms with Gasteiger partial charge in [-0.1, -0.05) is 62.4 Å². The molecule has 0 bridgehead atoms. The Labute approximate surface area is 218 Å². The number of rotatable bonds is 8. The zero-order valence-electron chi connectivity index (χ0n) is 21.2. The summed E-state index contributed by atoms with van der Waals surface area (Å²) < 4.78 is 28.1. The van der Waals surface area contributed by atoms with Crippen LogP contribution in [-0.4, -0.2) is 44.2 Å². The average Bonchev–Trinajstić information content (AvgIpc) is 2.89. The normalized spacial score (nSPS) is 18.2. The fourth-order valence-corrected chi connectivity index (χ4v) is 6.52. The van der Waals surface area contributed by atoms with Gasteiger partial charge in [-0.3, -0.25) is 9.59 Å². The van der Waals surface area contributed by atoms with Gasteiger partial charge in [-0.2, -0.15) is 4.31 Å². The maximum absolute atomic E-state index is 13.3. The molecule has 1 saturated heterocycles. The Balaban J connectivity index is 1.46. The van der Waals surface area contributed by atoms with Gasteiger partial charge in [0.05, 0.1) is 16.1 Å². The van der Waals surface area contributed by atoms with Gasteiger partial charge in [0.1, 0.15) is 0 Å². The molecule has 0 spiro atoms. The molecule has 0 radical (unpaired) electrons.